The predicted octanol–water partition coefficient (Wildman–Crippen LogP) is 0.495. The number of hydrogen-bond donors (Lipinski definition) is 1. The summed E-state index contributed by atoms with van der Waals surface area (Å²) in [6, 6.07) is 0.599. The van der Waals surface area contributed by atoms with Crippen molar-refractivity contribution in [3.05, 3.63) is 0 Å². The second kappa shape index (κ2) is 5.67. The number of nitrogens with one attached hydrogen (secondary N) is 1. The van der Waals surface area contributed by atoms with Crippen molar-refractivity contribution in [1.82, 2.24) is 10.2 Å². The Hall–Kier alpha value is -0.130. The molecule has 0 aromatic rings. The lowest BCUT2D eigenvalue weighted by atomic mass is 9.84. The standard InChI is InChI=1S/C12H24N2O2S/c1-2-17(15,16)9-3-6-13-12-10-14-7-4-11(12)5-8-14/h11-13H,2-10H2,1H3. The molecule has 3 aliphatic rings. The van der Waals surface area contributed by atoms with E-state index in [1.54, 1.807) is 6.92 Å². The van der Waals surface area contributed by atoms with Crippen LogP contribution in [0.4, 0.5) is 0 Å². The fourth-order valence-electron chi connectivity index (χ4n) is 2.92. The highest BCUT2D eigenvalue weighted by molar-refractivity contribution is 7.91. The van der Waals surface area contributed by atoms with Gasteiger partial charge in [0.25, 0.3) is 0 Å². The maximum absolute atomic E-state index is 11.3. The highest BCUT2D eigenvalue weighted by atomic mass is 32.2. The average molecular weight is 260 g/mol. The summed E-state index contributed by atoms with van der Waals surface area (Å²) in [6.45, 7) is 6.23. The van der Waals surface area contributed by atoms with Crippen LogP contribution in [0.2, 0.25) is 0 Å². The van der Waals surface area contributed by atoms with Crippen molar-refractivity contribution < 1.29 is 8.42 Å². The minimum Gasteiger partial charge on any atom is -0.312 e. The van der Waals surface area contributed by atoms with Crippen molar-refractivity contribution in [1.29, 1.82) is 0 Å². The molecule has 3 aliphatic heterocycles. The lowest BCUT2D eigenvalue weighted by Gasteiger charge is -2.45. The quantitative estimate of drug-likeness (QED) is 0.706. The number of fused-ring (bicyclic) bond motifs is 3. The zero-order valence-electron chi connectivity index (χ0n) is 10.7. The van der Waals surface area contributed by atoms with Crippen molar-refractivity contribution in [2.45, 2.75) is 32.2 Å². The summed E-state index contributed by atoms with van der Waals surface area (Å²) in [6.07, 6.45) is 3.37. The molecule has 0 aliphatic carbocycles. The van der Waals surface area contributed by atoms with Gasteiger partial charge < -0.3 is 10.2 Å². The van der Waals surface area contributed by atoms with Gasteiger partial charge in [0.2, 0.25) is 0 Å². The molecule has 0 spiro atoms. The first-order chi connectivity index (χ1) is 8.11. The molecule has 3 fully saturated rings. The van der Waals surface area contributed by atoms with Crippen LogP contribution in [0, 0.1) is 5.92 Å². The molecular weight excluding hydrogens is 236 g/mol. The van der Waals surface area contributed by atoms with Gasteiger partial charge in [0.15, 0.2) is 0 Å². The van der Waals surface area contributed by atoms with Crippen molar-refractivity contribution in [2.24, 2.45) is 5.92 Å². The van der Waals surface area contributed by atoms with Crippen LogP contribution in [-0.4, -0.2) is 57.0 Å². The Morgan fingerprint density at radius 1 is 1.29 bits per heavy atom. The summed E-state index contributed by atoms with van der Waals surface area (Å²) in [5.41, 5.74) is 0. The van der Waals surface area contributed by atoms with Gasteiger partial charge in [-0.2, -0.15) is 0 Å². The summed E-state index contributed by atoms with van der Waals surface area (Å²) in [5.74, 6) is 1.42. The van der Waals surface area contributed by atoms with Crippen molar-refractivity contribution >= 4 is 9.84 Å². The van der Waals surface area contributed by atoms with Crippen LogP contribution in [0.25, 0.3) is 0 Å². The summed E-state index contributed by atoms with van der Waals surface area (Å²) >= 11 is 0. The van der Waals surface area contributed by atoms with Gasteiger partial charge in [-0.25, -0.2) is 8.42 Å². The van der Waals surface area contributed by atoms with Gasteiger partial charge in [0, 0.05) is 18.3 Å². The summed E-state index contributed by atoms with van der Waals surface area (Å²) < 4.78 is 22.7. The smallest absolute Gasteiger partial charge is 0.150 e. The van der Waals surface area contributed by atoms with Crippen molar-refractivity contribution in [3.63, 3.8) is 0 Å². The minimum atomic E-state index is -2.78. The second-order valence-corrected chi connectivity index (χ2v) is 7.76. The topological polar surface area (TPSA) is 49.4 Å². The van der Waals surface area contributed by atoms with Gasteiger partial charge >= 0.3 is 0 Å². The highest BCUT2D eigenvalue weighted by Gasteiger charge is 2.33. The van der Waals surface area contributed by atoms with Crippen LogP contribution in [0.5, 0.6) is 0 Å². The Bertz CT molecular complexity index is 334. The van der Waals surface area contributed by atoms with Crippen LogP contribution < -0.4 is 5.32 Å². The molecule has 3 rings (SSSR count). The van der Waals surface area contributed by atoms with E-state index in [-0.39, 0.29) is 5.75 Å². The van der Waals surface area contributed by atoms with Gasteiger partial charge in [-0.05, 0) is 44.8 Å². The van der Waals surface area contributed by atoms with E-state index in [0.29, 0.717) is 11.8 Å². The molecule has 0 aromatic heterocycles. The third-order valence-electron chi connectivity index (χ3n) is 4.13. The van der Waals surface area contributed by atoms with Crippen molar-refractivity contribution in [3.8, 4) is 0 Å². The van der Waals surface area contributed by atoms with Crippen molar-refractivity contribution in [2.75, 3.05) is 37.7 Å². The third kappa shape index (κ3) is 3.66. The van der Waals surface area contributed by atoms with Crippen LogP contribution in [0.15, 0.2) is 0 Å². The molecule has 1 unspecified atom stereocenters. The molecular formula is C12H24N2O2S. The van der Waals surface area contributed by atoms with E-state index in [1.807, 2.05) is 0 Å². The maximum Gasteiger partial charge on any atom is 0.150 e. The van der Waals surface area contributed by atoms with Crippen LogP contribution >= 0.6 is 0 Å². The van der Waals surface area contributed by atoms with E-state index in [9.17, 15) is 8.42 Å². The first-order valence-corrected chi connectivity index (χ1v) is 8.59. The second-order valence-electron chi connectivity index (χ2n) is 5.29. The molecule has 0 radical (unpaired) electrons. The Morgan fingerprint density at radius 3 is 2.53 bits per heavy atom. The summed E-state index contributed by atoms with van der Waals surface area (Å²) in [7, 11) is -2.78. The minimum absolute atomic E-state index is 0.271. The van der Waals surface area contributed by atoms with Gasteiger partial charge in [0.05, 0.1) is 5.75 Å². The molecule has 0 aromatic carbocycles. The molecule has 1 atom stereocenters. The summed E-state index contributed by atoms with van der Waals surface area (Å²) in [5, 5.41) is 3.54. The van der Waals surface area contributed by atoms with Gasteiger partial charge in [-0.3, -0.25) is 0 Å². The zero-order valence-corrected chi connectivity index (χ0v) is 11.5. The molecule has 2 bridgehead atoms. The van der Waals surface area contributed by atoms with Gasteiger partial charge in [0.1, 0.15) is 9.84 Å². The fourth-order valence-corrected chi connectivity index (χ4v) is 3.79. The number of rotatable bonds is 6. The molecule has 3 saturated heterocycles. The zero-order chi connectivity index (χ0) is 12.3. The maximum atomic E-state index is 11.3. The lowest BCUT2D eigenvalue weighted by Crippen LogP contribution is -2.56. The van der Waals surface area contributed by atoms with Crippen LogP contribution in [0.1, 0.15) is 26.2 Å². The summed E-state index contributed by atoms with van der Waals surface area (Å²) in [4.78, 5) is 2.51. The SMILES string of the molecule is CCS(=O)(=O)CCCNC1CN2CCC1CC2. The van der Waals surface area contributed by atoms with E-state index in [1.165, 1.54) is 25.9 Å². The van der Waals surface area contributed by atoms with E-state index in [0.717, 1.165) is 25.4 Å². The average Bonchev–Trinajstić information content (AvgIpc) is 2.36. The molecule has 1 N–H and O–H groups in total. The first kappa shape index (κ1) is 13.3. The molecule has 4 nitrogen and oxygen atoms in total. The third-order valence-corrected chi connectivity index (χ3v) is 5.92. The largest absolute Gasteiger partial charge is 0.312 e. The van der Waals surface area contributed by atoms with E-state index in [2.05, 4.69) is 10.2 Å². The van der Waals surface area contributed by atoms with E-state index in [4.69, 9.17) is 0 Å². The van der Waals surface area contributed by atoms with Crippen LogP contribution in [0.3, 0.4) is 0 Å². The number of sulfone groups is 1. The fraction of sp³-hybridized carbons (Fsp3) is 1.00. The number of nitrogens with zero attached hydrogens (tertiary/aromatic N) is 1. The Kier molecular flexibility index (Phi) is 4.44. The molecule has 17 heavy (non-hydrogen) atoms. The Balaban J connectivity index is 1.66. The van der Waals surface area contributed by atoms with E-state index >= 15 is 0 Å². The number of hydrogen-bond acceptors (Lipinski definition) is 4. The highest BCUT2D eigenvalue weighted by Crippen LogP contribution is 2.27. The Labute approximate surface area is 105 Å². The first-order valence-electron chi connectivity index (χ1n) is 6.77. The molecule has 3 heterocycles. The van der Waals surface area contributed by atoms with E-state index < -0.39 is 9.84 Å². The molecule has 5 heteroatoms. The number of piperidine rings is 3. The predicted molar refractivity (Wildman–Crippen MR) is 69.9 cm³/mol. The normalized spacial score (nSPS) is 32.9. The lowest BCUT2D eigenvalue weighted by molar-refractivity contribution is 0.0730. The molecule has 0 saturated carbocycles. The Morgan fingerprint density at radius 2 is 2.00 bits per heavy atom. The van der Waals surface area contributed by atoms with Crippen LogP contribution in [-0.2, 0) is 9.84 Å². The van der Waals surface area contributed by atoms with Gasteiger partial charge in [-0.15, -0.1) is 0 Å². The monoisotopic (exact) mass is 260 g/mol. The molecule has 0 amide bonds. The van der Waals surface area contributed by atoms with Gasteiger partial charge in [-0.1, -0.05) is 6.92 Å². The molecule has 100 valence electrons.